The quantitative estimate of drug-likeness (QED) is 0.919. The summed E-state index contributed by atoms with van der Waals surface area (Å²) >= 11 is 0. The van der Waals surface area contributed by atoms with Crippen molar-refractivity contribution in [1.29, 1.82) is 5.26 Å². The molecule has 1 saturated carbocycles. The van der Waals surface area contributed by atoms with E-state index in [0.29, 0.717) is 29.6 Å². The minimum atomic E-state index is -0.106. The summed E-state index contributed by atoms with van der Waals surface area (Å²) in [6, 6.07) is 3.51. The average Bonchev–Trinajstić information content (AvgIpc) is 3.41. The van der Waals surface area contributed by atoms with E-state index in [9.17, 15) is 4.79 Å². The predicted molar refractivity (Wildman–Crippen MR) is 90.8 cm³/mol. The van der Waals surface area contributed by atoms with E-state index < -0.39 is 0 Å². The molecule has 0 aromatic carbocycles. The fourth-order valence-electron chi connectivity index (χ4n) is 4.05. The standard InChI is InChI=1S/C19H22N4O2/c20-10-15-9-14(11-21-15)19(24)23-8-4-7-17(23)18-22-16(12-25-18)13-5-2-1-3-6-13/h9,11-13,17,21H,1-8H2. The molecule has 1 amide bonds. The van der Waals surface area contributed by atoms with Gasteiger partial charge in [-0.1, -0.05) is 19.3 Å². The number of H-pyrrole nitrogens is 1. The molecule has 0 radical (unpaired) electrons. The van der Waals surface area contributed by atoms with Gasteiger partial charge in [-0.3, -0.25) is 4.79 Å². The first-order valence-corrected chi connectivity index (χ1v) is 9.11. The second kappa shape index (κ2) is 6.75. The normalized spacial score (nSPS) is 21.4. The van der Waals surface area contributed by atoms with Crippen LogP contribution in [0.25, 0.3) is 0 Å². The third-order valence-electron chi connectivity index (χ3n) is 5.41. The molecule has 2 aromatic rings. The maximum absolute atomic E-state index is 12.8. The molecule has 1 saturated heterocycles. The zero-order chi connectivity index (χ0) is 17.2. The van der Waals surface area contributed by atoms with E-state index in [2.05, 4.69) is 4.98 Å². The number of aromatic amines is 1. The minimum Gasteiger partial charge on any atom is -0.446 e. The first-order chi connectivity index (χ1) is 12.3. The van der Waals surface area contributed by atoms with Crippen LogP contribution in [0.15, 0.2) is 22.9 Å². The van der Waals surface area contributed by atoms with Crippen LogP contribution in [-0.4, -0.2) is 27.3 Å². The fourth-order valence-corrected chi connectivity index (χ4v) is 4.05. The zero-order valence-electron chi connectivity index (χ0n) is 14.2. The van der Waals surface area contributed by atoms with E-state index in [1.165, 1.54) is 32.1 Å². The molecule has 0 spiro atoms. The molecule has 2 fully saturated rings. The van der Waals surface area contributed by atoms with Gasteiger partial charge in [-0.2, -0.15) is 5.26 Å². The predicted octanol–water partition coefficient (Wildman–Crippen LogP) is 3.90. The lowest BCUT2D eigenvalue weighted by Gasteiger charge is -2.22. The molecule has 130 valence electrons. The van der Waals surface area contributed by atoms with Crippen molar-refractivity contribution in [3.8, 4) is 6.07 Å². The van der Waals surface area contributed by atoms with Gasteiger partial charge in [0.05, 0.1) is 11.3 Å². The lowest BCUT2D eigenvalue weighted by molar-refractivity contribution is 0.0715. The van der Waals surface area contributed by atoms with Crippen LogP contribution >= 0.6 is 0 Å². The third kappa shape index (κ3) is 3.07. The Hall–Kier alpha value is -2.55. The van der Waals surface area contributed by atoms with Crippen LogP contribution in [-0.2, 0) is 0 Å². The van der Waals surface area contributed by atoms with Crippen molar-refractivity contribution in [2.75, 3.05) is 6.54 Å². The second-order valence-electron chi connectivity index (χ2n) is 7.02. The number of aromatic nitrogens is 2. The average molecular weight is 338 g/mol. The van der Waals surface area contributed by atoms with E-state index in [1.807, 2.05) is 11.0 Å². The summed E-state index contributed by atoms with van der Waals surface area (Å²) in [5.41, 5.74) is 1.96. The van der Waals surface area contributed by atoms with Gasteiger partial charge in [-0.15, -0.1) is 0 Å². The van der Waals surface area contributed by atoms with Crippen LogP contribution < -0.4 is 0 Å². The summed E-state index contributed by atoms with van der Waals surface area (Å²) < 4.78 is 5.78. The van der Waals surface area contributed by atoms with E-state index >= 15 is 0 Å². The van der Waals surface area contributed by atoms with Crippen molar-refractivity contribution in [2.24, 2.45) is 0 Å². The summed E-state index contributed by atoms with van der Waals surface area (Å²) in [5.74, 6) is 1.08. The van der Waals surface area contributed by atoms with E-state index in [0.717, 1.165) is 18.5 Å². The third-order valence-corrected chi connectivity index (χ3v) is 5.41. The van der Waals surface area contributed by atoms with E-state index in [4.69, 9.17) is 14.7 Å². The molecule has 1 aliphatic heterocycles. The molecule has 6 nitrogen and oxygen atoms in total. The monoisotopic (exact) mass is 338 g/mol. The van der Waals surface area contributed by atoms with Gasteiger partial charge in [0, 0.05) is 18.7 Å². The zero-order valence-corrected chi connectivity index (χ0v) is 14.2. The molecule has 1 atom stereocenters. The molecule has 0 bridgehead atoms. The Morgan fingerprint density at radius 2 is 2.12 bits per heavy atom. The Balaban J connectivity index is 1.52. The number of oxazole rings is 1. The number of nitrogens with one attached hydrogen (secondary N) is 1. The summed E-state index contributed by atoms with van der Waals surface area (Å²) in [7, 11) is 0. The Labute approximate surface area is 146 Å². The molecule has 4 rings (SSSR count). The maximum Gasteiger partial charge on any atom is 0.256 e. The van der Waals surface area contributed by atoms with E-state index in [1.54, 1.807) is 18.5 Å². The minimum absolute atomic E-state index is 0.0716. The highest BCUT2D eigenvalue weighted by molar-refractivity contribution is 5.94. The summed E-state index contributed by atoms with van der Waals surface area (Å²) in [4.78, 5) is 22.2. The summed E-state index contributed by atoms with van der Waals surface area (Å²) in [5, 5.41) is 8.92. The number of hydrogen-bond acceptors (Lipinski definition) is 4. The number of nitrogens with zero attached hydrogens (tertiary/aromatic N) is 3. The van der Waals surface area contributed by atoms with Crippen molar-refractivity contribution >= 4 is 5.91 Å². The largest absolute Gasteiger partial charge is 0.446 e. The second-order valence-corrected chi connectivity index (χ2v) is 7.02. The number of likely N-dealkylation sites (tertiary alicyclic amines) is 1. The Morgan fingerprint density at radius 1 is 1.28 bits per heavy atom. The SMILES string of the molecule is N#Cc1cc(C(=O)N2CCCC2c2nc(C3CCCCC3)co2)c[nH]1. The lowest BCUT2D eigenvalue weighted by Crippen LogP contribution is -2.30. The van der Waals surface area contributed by atoms with Crippen molar-refractivity contribution in [1.82, 2.24) is 14.9 Å². The smallest absolute Gasteiger partial charge is 0.256 e. The van der Waals surface area contributed by atoms with Crippen LogP contribution in [0.4, 0.5) is 0 Å². The molecular weight excluding hydrogens is 316 g/mol. The molecule has 1 N–H and O–H groups in total. The first kappa shape index (κ1) is 15.9. The number of rotatable bonds is 3. The number of carbonyl (C=O) groups is 1. The van der Waals surface area contributed by atoms with Crippen LogP contribution in [0.5, 0.6) is 0 Å². The topological polar surface area (TPSA) is 85.9 Å². The number of carbonyl (C=O) groups excluding carboxylic acids is 1. The van der Waals surface area contributed by atoms with Crippen LogP contribution in [0, 0.1) is 11.3 Å². The number of hydrogen-bond donors (Lipinski definition) is 1. The first-order valence-electron chi connectivity index (χ1n) is 9.11. The molecule has 3 heterocycles. The van der Waals surface area contributed by atoms with Crippen molar-refractivity contribution in [2.45, 2.75) is 56.9 Å². The van der Waals surface area contributed by atoms with Crippen LogP contribution in [0.1, 0.15) is 84.5 Å². The highest BCUT2D eigenvalue weighted by Gasteiger charge is 2.34. The maximum atomic E-state index is 12.8. The molecule has 2 aromatic heterocycles. The van der Waals surface area contributed by atoms with Crippen LogP contribution in [0.3, 0.4) is 0 Å². The highest BCUT2D eigenvalue weighted by Crippen LogP contribution is 2.36. The summed E-state index contributed by atoms with van der Waals surface area (Å²) in [6.07, 6.45) is 11.4. The van der Waals surface area contributed by atoms with Crippen molar-refractivity contribution in [3.05, 3.63) is 41.4 Å². The molecule has 2 aliphatic rings. The van der Waals surface area contributed by atoms with Gasteiger partial charge < -0.3 is 14.3 Å². The Morgan fingerprint density at radius 3 is 2.88 bits per heavy atom. The van der Waals surface area contributed by atoms with Gasteiger partial charge in [-0.05, 0) is 31.7 Å². The number of amides is 1. The van der Waals surface area contributed by atoms with Crippen LogP contribution in [0.2, 0.25) is 0 Å². The van der Waals surface area contributed by atoms with Crippen molar-refractivity contribution < 1.29 is 9.21 Å². The Kier molecular flexibility index (Phi) is 4.31. The van der Waals surface area contributed by atoms with Gasteiger partial charge in [0.1, 0.15) is 24.1 Å². The molecule has 6 heteroatoms. The highest BCUT2D eigenvalue weighted by atomic mass is 16.3. The Bertz CT molecular complexity index is 794. The van der Waals surface area contributed by atoms with Gasteiger partial charge in [0.25, 0.3) is 5.91 Å². The molecule has 1 unspecified atom stereocenters. The lowest BCUT2D eigenvalue weighted by atomic mass is 9.87. The van der Waals surface area contributed by atoms with E-state index in [-0.39, 0.29) is 11.9 Å². The molecule has 25 heavy (non-hydrogen) atoms. The molecule has 1 aliphatic carbocycles. The molecular formula is C19H22N4O2. The van der Waals surface area contributed by atoms with Crippen molar-refractivity contribution in [3.63, 3.8) is 0 Å². The summed E-state index contributed by atoms with van der Waals surface area (Å²) in [6.45, 7) is 0.692. The number of nitriles is 1. The van der Waals surface area contributed by atoms with Gasteiger partial charge in [-0.25, -0.2) is 4.98 Å². The van der Waals surface area contributed by atoms with Gasteiger partial charge in [0.2, 0.25) is 5.89 Å². The van der Waals surface area contributed by atoms with Gasteiger partial charge in [0.15, 0.2) is 0 Å². The van der Waals surface area contributed by atoms with Gasteiger partial charge >= 0.3 is 0 Å². The fraction of sp³-hybridized carbons (Fsp3) is 0.526.